The van der Waals surface area contributed by atoms with Crippen molar-refractivity contribution < 1.29 is 14.3 Å². The van der Waals surface area contributed by atoms with Gasteiger partial charge in [-0.3, -0.25) is 0 Å². The molecular weight excluding hydrogens is 292 g/mol. The number of methoxy groups -OCH3 is 1. The third-order valence-corrected chi connectivity index (χ3v) is 5.46. The van der Waals surface area contributed by atoms with Crippen LogP contribution in [-0.2, 0) is 4.74 Å². The SMILES string of the molecule is COc1[nH]c2ccccc2c1C(=O)OCC12CCN(CC1)CC2. The first-order valence-electron chi connectivity index (χ1n) is 8.25. The van der Waals surface area contributed by atoms with E-state index in [2.05, 4.69) is 9.88 Å². The lowest BCUT2D eigenvalue weighted by atomic mass is 9.73. The molecule has 0 aliphatic carbocycles. The normalized spacial score (nSPS) is 26.4. The van der Waals surface area contributed by atoms with Gasteiger partial charge in [0, 0.05) is 16.3 Å². The van der Waals surface area contributed by atoms with Crippen LogP contribution >= 0.6 is 0 Å². The third kappa shape index (κ3) is 2.49. The zero-order valence-electron chi connectivity index (χ0n) is 13.4. The van der Waals surface area contributed by atoms with Gasteiger partial charge in [-0.05, 0) is 45.0 Å². The monoisotopic (exact) mass is 314 g/mol. The number of nitrogens with one attached hydrogen (secondary N) is 1. The molecule has 1 N–H and O–H groups in total. The van der Waals surface area contributed by atoms with Gasteiger partial charge in [0.15, 0.2) is 0 Å². The molecule has 4 heterocycles. The Kier molecular flexibility index (Phi) is 3.53. The van der Waals surface area contributed by atoms with Crippen molar-refractivity contribution in [3.8, 4) is 5.88 Å². The number of rotatable bonds is 4. The molecule has 5 heteroatoms. The van der Waals surface area contributed by atoms with E-state index in [1.165, 1.54) is 0 Å². The number of benzene rings is 1. The number of ether oxygens (including phenoxy) is 2. The number of piperidine rings is 3. The van der Waals surface area contributed by atoms with E-state index in [1.807, 2.05) is 24.3 Å². The van der Waals surface area contributed by atoms with Gasteiger partial charge in [-0.1, -0.05) is 18.2 Å². The maximum atomic E-state index is 12.7. The number of esters is 1. The summed E-state index contributed by atoms with van der Waals surface area (Å²) >= 11 is 0. The van der Waals surface area contributed by atoms with Crippen LogP contribution < -0.4 is 4.74 Å². The van der Waals surface area contributed by atoms with Crippen LogP contribution in [0.25, 0.3) is 10.9 Å². The van der Waals surface area contributed by atoms with Gasteiger partial charge in [0.1, 0.15) is 5.56 Å². The van der Waals surface area contributed by atoms with Crippen LogP contribution in [0.4, 0.5) is 0 Å². The van der Waals surface area contributed by atoms with E-state index in [4.69, 9.17) is 9.47 Å². The average Bonchev–Trinajstić information content (AvgIpc) is 3.00. The Morgan fingerprint density at radius 2 is 1.91 bits per heavy atom. The number of para-hydroxylation sites is 1. The lowest BCUT2D eigenvalue weighted by Crippen LogP contribution is -2.50. The fourth-order valence-electron chi connectivity index (χ4n) is 3.88. The average molecular weight is 314 g/mol. The van der Waals surface area contributed by atoms with Crippen LogP contribution in [0, 0.1) is 5.41 Å². The standard InChI is InChI=1S/C18H22N2O3/c1-22-16-15(13-4-2-3-5-14(13)19-16)17(21)23-12-18-6-9-20(10-7-18)11-8-18/h2-5,19H,6-12H2,1H3. The van der Waals surface area contributed by atoms with Crippen molar-refractivity contribution in [2.24, 2.45) is 5.41 Å². The number of hydrogen-bond donors (Lipinski definition) is 1. The Hall–Kier alpha value is -2.01. The van der Waals surface area contributed by atoms with Gasteiger partial charge in [0.2, 0.25) is 5.88 Å². The predicted molar refractivity (Wildman–Crippen MR) is 87.9 cm³/mol. The molecule has 122 valence electrons. The summed E-state index contributed by atoms with van der Waals surface area (Å²) in [6.45, 7) is 3.91. The molecule has 0 unspecified atom stereocenters. The molecular formula is C18H22N2O3. The summed E-state index contributed by atoms with van der Waals surface area (Å²) in [6.07, 6.45) is 3.39. The van der Waals surface area contributed by atoms with Crippen molar-refractivity contribution in [3.63, 3.8) is 0 Å². The van der Waals surface area contributed by atoms with Crippen LogP contribution in [0.1, 0.15) is 29.6 Å². The van der Waals surface area contributed by atoms with E-state index in [-0.39, 0.29) is 11.4 Å². The minimum absolute atomic E-state index is 0.184. The highest BCUT2D eigenvalue weighted by Crippen LogP contribution is 2.40. The minimum atomic E-state index is -0.290. The third-order valence-electron chi connectivity index (χ3n) is 5.46. The van der Waals surface area contributed by atoms with Crippen molar-refractivity contribution in [3.05, 3.63) is 29.8 Å². The second kappa shape index (κ2) is 5.57. The van der Waals surface area contributed by atoms with E-state index in [1.54, 1.807) is 7.11 Å². The van der Waals surface area contributed by atoms with Crippen LogP contribution in [-0.4, -0.2) is 49.2 Å². The molecule has 3 fully saturated rings. The number of aromatic amines is 1. The Morgan fingerprint density at radius 3 is 2.61 bits per heavy atom. The van der Waals surface area contributed by atoms with E-state index in [0.29, 0.717) is 18.1 Å². The maximum absolute atomic E-state index is 12.7. The molecule has 0 amide bonds. The Bertz CT molecular complexity index is 715. The Labute approximate surface area is 135 Å². The molecule has 3 aliphatic rings. The largest absolute Gasteiger partial charge is 0.482 e. The van der Waals surface area contributed by atoms with E-state index >= 15 is 0 Å². The number of carbonyl (C=O) groups is 1. The summed E-state index contributed by atoms with van der Waals surface area (Å²) in [7, 11) is 1.57. The number of aromatic nitrogens is 1. The zero-order chi connectivity index (χ0) is 15.9. The second-order valence-electron chi connectivity index (χ2n) is 6.75. The number of hydrogen-bond acceptors (Lipinski definition) is 4. The van der Waals surface area contributed by atoms with Crippen molar-refractivity contribution in [1.29, 1.82) is 0 Å². The van der Waals surface area contributed by atoms with Gasteiger partial charge in [0.05, 0.1) is 13.7 Å². The molecule has 3 saturated heterocycles. The molecule has 1 aromatic carbocycles. The van der Waals surface area contributed by atoms with Gasteiger partial charge in [-0.2, -0.15) is 0 Å². The Morgan fingerprint density at radius 1 is 1.22 bits per heavy atom. The predicted octanol–water partition coefficient (Wildman–Crippen LogP) is 2.82. The first-order valence-corrected chi connectivity index (χ1v) is 8.25. The molecule has 23 heavy (non-hydrogen) atoms. The highest BCUT2D eigenvalue weighted by atomic mass is 16.5. The van der Waals surface area contributed by atoms with Crippen molar-refractivity contribution in [1.82, 2.24) is 9.88 Å². The van der Waals surface area contributed by atoms with E-state index < -0.39 is 0 Å². The smallest absolute Gasteiger partial charge is 0.344 e. The van der Waals surface area contributed by atoms with Crippen molar-refractivity contribution in [2.45, 2.75) is 19.3 Å². The number of H-pyrrole nitrogens is 1. The lowest BCUT2D eigenvalue weighted by Gasteiger charge is -2.47. The quantitative estimate of drug-likeness (QED) is 0.882. The molecule has 2 aromatic rings. The van der Waals surface area contributed by atoms with Crippen molar-refractivity contribution in [2.75, 3.05) is 33.4 Å². The van der Waals surface area contributed by atoms with Crippen LogP contribution in [0.15, 0.2) is 24.3 Å². The molecule has 1 aromatic heterocycles. The van der Waals surface area contributed by atoms with Crippen LogP contribution in [0.5, 0.6) is 5.88 Å². The molecule has 0 atom stereocenters. The summed E-state index contributed by atoms with van der Waals surface area (Å²) < 4.78 is 11.1. The highest BCUT2D eigenvalue weighted by Gasteiger charge is 2.40. The van der Waals surface area contributed by atoms with Crippen LogP contribution in [0.3, 0.4) is 0 Å². The summed E-state index contributed by atoms with van der Waals surface area (Å²) in [5, 5.41) is 0.852. The summed E-state index contributed by atoms with van der Waals surface area (Å²) in [4.78, 5) is 18.3. The van der Waals surface area contributed by atoms with Gasteiger partial charge in [-0.15, -0.1) is 0 Å². The zero-order valence-corrected chi connectivity index (χ0v) is 13.4. The maximum Gasteiger partial charge on any atom is 0.344 e. The topological polar surface area (TPSA) is 54.6 Å². The molecule has 3 aliphatic heterocycles. The highest BCUT2D eigenvalue weighted by molar-refractivity contribution is 6.06. The summed E-state index contributed by atoms with van der Waals surface area (Å²) in [5.74, 6) is 0.189. The summed E-state index contributed by atoms with van der Waals surface area (Å²) in [5.41, 5.74) is 1.58. The molecule has 0 spiro atoms. The van der Waals surface area contributed by atoms with Gasteiger partial charge < -0.3 is 19.4 Å². The second-order valence-corrected chi connectivity index (χ2v) is 6.75. The fraction of sp³-hybridized carbons (Fsp3) is 0.500. The molecule has 0 radical (unpaired) electrons. The van der Waals surface area contributed by atoms with E-state index in [0.717, 1.165) is 49.8 Å². The molecule has 0 saturated carbocycles. The lowest BCUT2D eigenvalue weighted by molar-refractivity contribution is -0.0305. The van der Waals surface area contributed by atoms with E-state index in [9.17, 15) is 4.79 Å². The number of nitrogens with zero attached hydrogens (tertiary/aromatic N) is 1. The van der Waals surface area contributed by atoms with Gasteiger partial charge in [-0.25, -0.2) is 4.79 Å². The molecule has 5 nitrogen and oxygen atoms in total. The molecule has 2 bridgehead atoms. The summed E-state index contributed by atoms with van der Waals surface area (Å²) in [6, 6.07) is 7.70. The fourth-order valence-corrected chi connectivity index (χ4v) is 3.88. The number of fused-ring (bicyclic) bond motifs is 4. The number of carbonyl (C=O) groups excluding carboxylic acids is 1. The Balaban J connectivity index is 1.55. The first-order chi connectivity index (χ1) is 11.2. The van der Waals surface area contributed by atoms with Crippen LogP contribution in [0.2, 0.25) is 0 Å². The van der Waals surface area contributed by atoms with Crippen molar-refractivity contribution >= 4 is 16.9 Å². The van der Waals surface area contributed by atoms with Gasteiger partial charge >= 0.3 is 5.97 Å². The minimum Gasteiger partial charge on any atom is -0.482 e. The molecule has 5 rings (SSSR count). The first kappa shape index (κ1) is 14.6. The van der Waals surface area contributed by atoms with Gasteiger partial charge in [0.25, 0.3) is 0 Å².